The Morgan fingerprint density at radius 1 is 0.917 bits per heavy atom. The third kappa shape index (κ3) is 3.50. The zero-order valence-electron chi connectivity index (χ0n) is 13.9. The first-order valence-corrected chi connectivity index (χ1v) is 9.55. The summed E-state index contributed by atoms with van der Waals surface area (Å²) in [5.41, 5.74) is 2.14. The van der Waals surface area contributed by atoms with Gasteiger partial charge >= 0.3 is 0 Å². The molecule has 0 aliphatic heterocycles. The van der Waals surface area contributed by atoms with Gasteiger partial charge in [-0.25, -0.2) is 13.1 Å². The normalized spacial score (nSPS) is 13.1. The van der Waals surface area contributed by atoms with Gasteiger partial charge in [-0.1, -0.05) is 67.1 Å². The van der Waals surface area contributed by atoms with Crippen molar-refractivity contribution in [3.05, 3.63) is 77.9 Å². The lowest BCUT2D eigenvalue weighted by Crippen LogP contribution is -2.28. The van der Waals surface area contributed by atoms with Crippen LogP contribution in [0.15, 0.2) is 71.6 Å². The molecule has 0 unspecified atom stereocenters. The largest absolute Gasteiger partial charge is 0.241 e. The second-order valence-electron chi connectivity index (χ2n) is 6.00. The van der Waals surface area contributed by atoms with E-state index in [1.807, 2.05) is 68.4 Å². The van der Waals surface area contributed by atoms with Crippen molar-refractivity contribution < 1.29 is 8.42 Å². The molecule has 0 fully saturated rings. The van der Waals surface area contributed by atoms with Crippen molar-refractivity contribution >= 4 is 20.8 Å². The van der Waals surface area contributed by atoms with Gasteiger partial charge in [-0.3, -0.25) is 0 Å². The summed E-state index contributed by atoms with van der Waals surface area (Å²) in [6.07, 6.45) is 0.690. The summed E-state index contributed by atoms with van der Waals surface area (Å²) >= 11 is 0. The van der Waals surface area contributed by atoms with Crippen LogP contribution < -0.4 is 4.72 Å². The lowest BCUT2D eigenvalue weighted by atomic mass is 10.0. The van der Waals surface area contributed by atoms with Crippen LogP contribution in [0.2, 0.25) is 0 Å². The summed E-state index contributed by atoms with van der Waals surface area (Å²) in [4.78, 5) is 0.298. The van der Waals surface area contributed by atoms with Gasteiger partial charge in [0.2, 0.25) is 10.0 Å². The van der Waals surface area contributed by atoms with Crippen LogP contribution in [0.3, 0.4) is 0 Å². The summed E-state index contributed by atoms with van der Waals surface area (Å²) in [7, 11) is -3.57. The maximum atomic E-state index is 12.8. The molecule has 1 atom stereocenters. The van der Waals surface area contributed by atoms with Crippen molar-refractivity contribution in [2.45, 2.75) is 31.2 Å². The third-order valence-corrected chi connectivity index (χ3v) is 5.69. The second-order valence-corrected chi connectivity index (χ2v) is 7.72. The first-order valence-electron chi connectivity index (χ1n) is 8.07. The van der Waals surface area contributed by atoms with Gasteiger partial charge in [-0.2, -0.15) is 0 Å². The van der Waals surface area contributed by atoms with E-state index in [1.165, 1.54) is 0 Å². The van der Waals surface area contributed by atoms with E-state index in [4.69, 9.17) is 0 Å². The monoisotopic (exact) mass is 339 g/mol. The van der Waals surface area contributed by atoms with Crippen molar-refractivity contribution in [1.29, 1.82) is 0 Å². The van der Waals surface area contributed by atoms with E-state index in [0.717, 1.165) is 21.9 Å². The molecule has 0 aliphatic rings. The number of hydrogen-bond acceptors (Lipinski definition) is 2. The highest BCUT2D eigenvalue weighted by atomic mass is 32.2. The van der Waals surface area contributed by atoms with Crippen LogP contribution in [0.1, 0.15) is 30.5 Å². The van der Waals surface area contributed by atoms with Crippen LogP contribution >= 0.6 is 0 Å². The standard InChI is InChI=1S/C20H21NO2S/c1-3-20(17-10-8-15(2)9-11-17)21-24(22,23)19-13-12-16-6-4-5-7-18(16)14-19/h4-14,20-21H,3H2,1-2H3/t20-/m1/s1. The molecule has 3 nitrogen and oxygen atoms in total. The molecular formula is C20H21NO2S. The minimum atomic E-state index is -3.57. The zero-order chi connectivity index (χ0) is 17.2. The molecule has 0 spiro atoms. The minimum absolute atomic E-state index is 0.234. The Bertz CT molecular complexity index is 947. The van der Waals surface area contributed by atoms with E-state index >= 15 is 0 Å². The van der Waals surface area contributed by atoms with Crippen molar-refractivity contribution in [3.63, 3.8) is 0 Å². The Morgan fingerprint density at radius 3 is 2.25 bits per heavy atom. The van der Waals surface area contributed by atoms with Crippen LogP contribution in [0.25, 0.3) is 10.8 Å². The first-order chi connectivity index (χ1) is 11.5. The van der Waals surface area contributed by atoms with E-state index in [2.05, 4.69) is 4.72 Å². The van der Waals surface area contributed by atoms with Gasteiger partial charge in [-0.05, 0) is 41.8 Å². The van der Waals surface area contributed by atoms with Crippen LogP contribution in [-0.4, -0.2) is 8.42 Å². The fraction of sp³-hybridized carbons (Fsp3) is 0.200. The van der Waals surface area contributed by atoms with Gasteiger partial charge in [0, 0.05) is 6.04 Å². The molecule has 0 heterocycles. The van der Waals surface area contributed by atoms with Crippen LogP contribution in [0.5, 0.6) is 0 Å². The van der Waals surface area contributed by atoms with E-state index in [9.17, 15) is 8.42 Å². The molecule has 0 saturated heterocycles. The van der Waals surface area contributed by atoms with Gasteiger partial charge in [0.05, 0.1) is 4.90 Å². The van der Waals surface area contributed by atoms with Crippen molar-refractivity contribution in [3.8, 4) is 0 Å². The molecule has 3 aromatic rings. The van der Waals surface area contributed by atoms with Gasteiger partial charge in [-0.15, -0.1) is 0 Å². The highest BCUT2D eigenvalue weighted by molar-refractivity contribution is 7.89. The molecule has 0 amide bonds. The summed E-state index contributed by atoms with van der Waals surface area (Å²) < 4.78 is 28.4. The minimum Gasteiger partial charge on any atom is -0.207 e. The summed E-state index contributed by atoms with van der Waals surface area (Å²) in [6, 6.07) is 20.7. The number of nitrogens with one attached hydrogen (secondary N) is 1. The molecular weight excluding hydrogens is 318 g/mol. The summed E-state index contributed by atoms with van der Waals surface area (Å²) in [6.45, 7) is 4.00. The van der Waals surface area contributed by atoms with Crippen LogP contribution in [-0.2, 0) is 10.0 Å². The third-order valence-electron chi connectivity index (χ3n) is 4.22. The van der Waals surface area contributed by atoms with E-state index in [1.54, 1.807) is 12.1 Å². The van der Waals surface area contributed by atoms with Crippen LogP contribution in [0.4, 0.5) is 0 Å². The molecule has 1 N–H and O–H groups in total. The first kappa shape index (κ1) is 16.7. The average Bonchev–Trinajstić information content (AvgIpc) is 2.60. The molecule has 124 valence electrons. The van der Waals surface area contributed by atoms with Crippen LogP contribution in [0, 0.1) is 6.92 Å². The predicted octanol–water partition coefficient (Wildman–Crippen LogP) is 4.58. The molecule has 4 heteroatoms. The fourth-order valence-electron chi connectivity index (χ4n) is 2.78. The Kier molecular flexibility index (Phi) is 4.69. The molecule has 0 aliphatic carbocycles. The van der Waals surface area contributed by atoms with Gasteiger partial charge in [0.1, 0.15) is 0 Å². The number of sulfonamides is 1. The molecule has 3 aromatic carbocycles. The number of hydrogen-bond donors (Lipinski definition) is 1. The quantitative estimate of drug-likeness (QED) is 0.739. The van der Waals surface area contributed by atoms with Gasteiger partial charge < -0.3 is 0 Å². The fourth-order valence-corrected chi connectivity index (χ4v) is 4.12. The van der Waals surface area contributed by atoms with Gasteiger partial charge in [0.25, 0.3) is 0 Å². The van der Waals surface area contributed by atoms with E-state index in [-0.39, 0.29) is 6.04 Å². The molecule has 0 saturated carbocycles. The Labute approximate surface area is 143 Å². The van der Waals surface area contributed by atoms with E-state index in [0.29, 0.717) is 11.3 Å². The van der Waals surface area contributed by atoms with Crippen molar-refractivity contribution in [2.75, 3.05) is 0 Å². The molecule has 3 rings (SSSR count). The molecule has 0 bridgehead atoms. The second kappa shape index (κ2) is 6.75. The predicted molar refractivity (Wildman–Crippen MR) is 98.5 cm³/mol. The smallest absolute Gasteiger partial charge is 0.207 e. The van der Waals surface area contributed by atoms with Gasteiger partial charge in [0.15, 0.2) is 0 Å². The SMILES string of the molecule is CC[C@@H](NS(=O)(=O)c1ccc2ccccc2c1)c1ccc(C)cc1. The maximum Gasteiger partial charge on any atom is 0.241 e. The maximum absolute atomic E-state index is 12.8. The van der Waals surface area contributed by atoms with Crippen molar-refractivity contribution in [1.82, 2.24) is 4.72 Å². The highest BCUT2D eigenvalue weighted by Crippen LogP contribution is 2.23. The van der Waals surface area contributed by atoms with E-state index < -0.39 is 10.0 Å². The lowest BCUT2D eigenvalue weighted by molar-refractivity contribution is 0.550. The Balaban J connectivity index is 1.91. The molecule has 0 aromatic heterocycles. The molecule has 24 heavy (non-hydrogen) atoms. The number of aryl methyl sites for hydroxylation is 1. The van der Waals surface area contributed by atoms with Crippen molar-refractivity contribution in [2.24, 2.45) is 0 Å². The zero-order valence-corrected chi connectivity index (χ0v) is 14.7. The lowest BCUT2D eigenvalue weighted by Gasteiger charge is -2.18. The Hall–Kier alpha value is -2.17. The average molecular weight is 339 g/mol. The number of benzene rings is 3. The highest BCUT2D eigenvalue weighted by Gasteiger charge is 2.20. The number of rotatable bonds is 5. The Morgan fingerprint density at radius 2 is 1.58 bits per heavy atom. The number of fused-ring (bicyclic) bond motifs is 1. The topological polar surface area (TPSA) is 46.2 Å². The molecule has 0 radical (unpaired) electrons. The summed E-state index contributed by atoms with van der Waals surface area (Å²) in [5, 5.41) is 1.95. The summed E-state index contributed by atoms with van der Waals surface area (Å²) in [5.74, 6) is 0.